The van der Waals surface area contributed by atoms with Gasteiger partial charge < -0.3 is 10.1 Å². The van der Waals surface area contributed by atoms with E-state index in [0.717, 1.165) is 6.42 Å². The Bertz CT molecular complexity index is 496. The van der Waals surface area contributed by atoms with Crippen LogP contribution in [0.4, 0.5) is 5.69 Å². The Morgan fingerprint density at radius 2 is 2.24 bits per heavy atom. The van der Waals surface area contributed by atoms with Crippen molar-refractivity contribution in [2.24, 2.45) is 0 Å². The van der Waals surface area contributed by atoms with Crippen LogP contribution in [0.1, 0.15) is 19.8 Å². The Hall–Kier alpha value is -1.23. The maximum atomic E-state index is 12.0. The second-order valence-corrected chi connectivity index (χ2v) is 6.15. The zero-order valence-electron chi connectivity index (χ0n) is 9.90. The fourth-order valence-electron chi connectivity index (χ4n) is 1.86. The van der Waals surface area contributed by atoms with Crippen LogP contribution in [-0.4, -0.2) is 27.3 Å². The van der Waals surface area contributed by atoms with Crippen molar-refractivity contribution < 1.29 is 13.2 Å². The molecule has 0 unspecified atom stereocenters. The Kier molecular flexibility index (Phi) is 3.57. The number of ether oxygens (including phenoxy) is 1. The first-order valence-electron chi connectivity index (χ1n) is 5.87. The van der Waals surface area contributed by atoms with Crippen LogP contribution in [0.3, 0.4) is 0 Å². The summed E-state index contributed by atoms with van der Waals surface area (Å²) in [6.45, 7) is 3.28. The van der Waals surface area contributed by atoms with Crippen molar-refractivity contribution in [3.63, 3.8) is 0 Å². The van der Waals surface area contributed by atoms with Crippen LogP contribution in [0, 0.1) is 0 Å². The van der Waals surface area contributed by atoms with E-state index in [1.165, 1.54) is 0 Å². The van der Waals surface area contributed by atoms with Gasteiger partial charge in [0.15, 0.2) is 9.84 Å². The summed E-state index contributed by atoms with van der Waals surface area (Å²) in [7, 11) is -3.17. The molecule has 0 saturated carbocycles. The minimum atomic E-state index is -3.17. The van der Waals surface area contributed by atoms with E-state index in [9.17, 15) is 8.42 Å². The Morgan fingerprint density at radius 3 is 3.00 bits per heavy atom. The average Bonchev–Trinajstić information content (AvgIpc) is 2.46. The normalized spacial score (nSPS) is 17.7. The Labute approximate surface area is 102 Å². The molecule has 0 bridgehead atoms. The lowest BCUT2D eigenvalue weighted by Gasteiger charge is -2.13. The number of fused-ring (bicyclic) bond motifs is 1. The summed E-state index contributed by atoms with van der Waals surface area (Å²) in [6, 6.07) is 5.18. The molecule has 0 spiro atoms. The number of hydrogen-bond acceptors (Lipinski definition) is 4. The number of nitrogens with one attached hydrogen (secondary N) is 1. The maximum Gasteiger partial charge on any atom is 0.180 e. The molecule has 0 saturated heterocycles. The van der Waals surface area contributed by atoms with E-state index >= 15 is 0 Å². The molecule has 1 aliphatic heterocycles. The molecule has 0 radical (unpaired) electrons. The molecule has 0 aliphatic carbocycles. The topological polar surface area (TPSA) is 55.4 Å². The lowest BCUT2D eigenvalue weighted by atomic mass is 10.3. The molecule has 1 aliphatic rings. The number of benzene rings is 1. The SMILES string of the molecule is CCCOc1cccc2c1NCCCS2(=O)=O. The van der Waals surface area contributed by atoms with Gasteiger partial charge in [-0.15, -0.1) is 0 Å². The monoisotopic (exact) mass is 255 g/mol. The minimum absolute atomic E-state index is 0.199. The van der Waals surface area contributed by atoms with E-state index in [2.05, 4.69) is 5.32 Å². The number of anilines is 1. The molecular formula is C12H17NO3S. The van der Waals surface area contributed by atoms with Crippen LogP contribution in [0.25, 0.3) is 0 Å². The van der Waals surface area contributed by atoms with Crippen LogP contribution in [0.2, 0.25) is 0 Å². The molecule has 94 valence electrons. The highest BCUT2D eigenvalue weighted by molar-refractivity contribution is 7.91. The first kappa shape index (κ1) is 12.2. The van der Waals surface area contributed by atoms with Gasteiger partial charge in [-0.2, -0.15) is 0 Å². The molecule has 0 atom stereocenters. The molecular weight excluding hydrogens is 238 g/mol. The first-order valence-corrected chi connectivity index (χ1v) is 7.53. The van der Waals surface area contributed by atoms with Gasteiger partial charge in [-0.25, -0.2) is 8.42 Å². The summed E-state index contributed by atoms with van der Waals surface area (Å²) in [5.41, 5.74) is 0.624. The average molecular weight is 255 g/mol. The lowest BCUT2D eigenvalue weighted by molar-refractivity contribution is 0.318. The van der Waals surface area contributed by atoms with E-state index in [-0.39, 0.29) is 5.75 Å². The van der Waals surface area contributed by atoms with Gasteiger partial charge in [-0.05, 0) is 25.0 Å². The van der Waals surface area contributed by atoms with Crippen LogP contribution in [0.15, 0.2) is 23.1 Å². The highest BCUT2D eigenvalue weighted by Gasteiger charge is 2.23. The quantitative estimate of drug-likeness (QED) is 0.898. The fourth-order valence-corrected chi connectivity index (χ4v) is 3.38. The zero-order chi connectivity index (χ0) is 12.3. The van der Waals surface area contributed by atoms with Gasteiger partial charge in [0, 0.05) is 6.54 Å². The summed E-state index contributed by atoms with van der Waals surface area (Å²) >= 11 is 0. The first-order chi connectivity index (χ1) is 8.15. The predicted molar refractivity (Wildman–Crippen MR) is 67.4 cm³/mol. The van der Waals surface area contributed by atoms with Gasteiger partial charge >= 0.3 is 0 Å². The predicted octanol–water partition coefficient (Wildman–Crippen LogP) is 2.06. The second kappa shape index (κ2) is 4.96. The largest absolute Gasteiger partial charge is 0.491 e. The third-order valence-corrected chi connectivity index (χ3v) is 4.51. The molecule has 1 N–H and O–H groups in total. The maximum absolute atomic E-state index is 12.0. The minimum Gasteiger partial charge on any atom is -0.491 e. The summed E-state index contributed by atoms with van der Waals surface area (Å²) in [6.07, 6.45) is 1.53. The molecule has 0 amide bonds. The van der Waals surface area contributed by atoms with Crippen LogP contribution >= 0.6 is 0 Å². The Balaban J connectivity index is 2.45. The Morgan fingerprint density at radius 1 is 1.41 bits per heavy atom. The van der Waals surface area contributed by atoms with Crippen molar-refractivity contribution >= 4 is 15.5 Å². The molecule has 2 rings (SSSR count). The smallest absolute Gasteiger partial charge is 0.180 e. The van der Waals surface area contributed by atoms with Crippen molar-refractivity contribution in [2.45, 2.75) is 24.7 Å². The molecule has 4 nitrogen and oxygen atoms in total. The zero-order valence-corrected chi connectivity index (χ0v) is 10.7. The highest BCUT2D eigenvalue weighted by atomic mass is 32.2. The fraction of sp³-hybridized carbons (Fsp3) is 0.500. The van der Waals surface area contributed by atoms with Crippen LogP contribution in [0.5, 0.6) is 5.75 Å². The lowest BCUT2D eigenvalue weighted by Crippen LogP contribution is -2.06. The summed E-state index contributed by atoms with van der Waals surface area (Å²) in [5, 5.41) is 3.15. The van der Waals surface area contributed by atoms with Crippen LogP contribution < -0.4 is 10.1 Å². The van der Waals surface area contributed by atoms with Gasteiger partial charge in [0.05, 0.1) is 22.9 Å². The van der Waals surface area contributed by atoms with Crippen molar-refractivity contribution in [2.75, 3.05) is 24.2 Å². The summed E-state index contributed by atoms with van der Waals surface area (Å²) in [4.78, 5) is 0.364. The van der Waals surface area contributed by atoms with Gasteiger partial charge in [0.25, 0.3) is 0 Å². The third kappa shape index (κ3) is 2.54. The molecule has 1 aromatic rings. The van der Waals surface area contributed by atoms with E-state index in [1.807, 2.05) is 13.0 Å². The molecule has 0 aromatic heterocycles. The van der Waals surface area contributed by atoms with Gasteiger partial charge in [-0.3, -0.25) is 0 Å². The molecule has 1 aromatic carbocycles. The molecule has 1 heterocycles. The van der Waals surface area contributed by atoms with E-state index < -0.39 is 9.84 Å². The molecule has 5 heteroatoms. The van der Waals surface area contributed by atoms with Crippen molar-refractivity contribution in [1.29, 1.82) is 0 Å². The number of rotatable bonds is 3. The van der Waals surface area contributed by atoms with Crippen molar-refractivity contribution in [3.05, 3.63) is 18.2 Å². The number of hydrogen-bond donors (Lipinski definition) is 1. The highest BCUT2D eigenvalue weighted by Crippen LogP contribution is 2.34. The number of para-hydroxylation sites is 1. The summed E-state index contributed by atoms with van der Waals surface area (Å²) < 4.78 is 29.6. The van der Waals surface area contributed by atoms with E-state index in [0.29, 0.717) is 35.9 Å². The standard InChI is InChI=1S/C12H17NO3S/c1-2-8-16-10-5-3-6-11-12(10)13-7-4-9-17(11,14)15/h3,5-6,13H,2,4,7-9H2,1H3. The number of sulfone groups is 1. The van der Waals surface area contributed by atoms with Crippen molar-refractivity contribution in [3.8, 4) is 5.75 Å². The summed E-state index contributed by atoms with van der Waals surface area (Å²) in [5.74, 6) is 0.833. The van der Waals surface area contributed by atoms with E-state index in [1.54, 1.807) is 12.1 Å². The molecule has 0 fully saturated rings. The second-order valence-electron chi connectivity index (χ2n) is 4.08. The third-order valence-electron chi connectivity index (χ3n) is 2.68. The van der Waals surface area contributed by atoms with Crippen molar-refractivity contribution in [1.82, 2.24) is 0 Å². The van der Waals surface area contributed by atoms with Gasteiger partial charge in [-0.1, -0.05) is 13.0 Å². The van der Waals surface area contributed by atoms with E-state index in [4.69, 9.17) is 4.74 Å². The molecule has 17 heavy (non-hydrogen) atoms. The van der Waals surface area contributed by atoms with Crippen LogP contribution in [-0.2, 0) is 9.84 Å². The van der Waals surface area contributed by atoms with Gasteiger partial charge in [0.1, 0.15) is 5.75 Å². The van der Waals surface area contributed by atoms with Gasteiger partial charge in [0.2, 0.25) is 0 Å².